The molecule has 0 spiro atoms. The summed E-state index contributed by atoms with van der Waals surface area (Å²) in [6.07, 6.45) is 0.381. The Kier molecular flexibility index (Phi) is 8.19. The highest BCUT2D eigenvalue weighted by Gasteiger charge is 2.39. The fraction of sp³-hybridized carbons (Fsp3) is 0.452. The van der Waals surface area contributed by atoms with Crippen LogP contribution in [0.25, 0.3) is 21.9 Å². The number of nitrogens with one attached hydrogen (secondary N) is 3. The van der Waals surface area contributed by atoms with E-state index in [1.54, 1.807) is 48.5 Å². The largest absolute Gasteiger partial charge is 0.474 e. The van der Waals surface area contributed by atoms with E-state index in [2.05, 4.69) is 25.9 Å². The molecule has 45 heavy (non-hydrogen) atoms. The van der Waals surface area contributed by atoms with Gasteiger partial charge in [0.2, 0.25) is 5.88 Å². The van der Waals surface area contributed by atoms with Crippen molar-refractivity contribution in [3.8, 4) is 17.0 Å². The molecule has 2 aliphatic rings. The lowest BCUT2D eigenvalue weighted by Gasteiger charge is -2.32. The third-order valence-electron chi connectivity index (χ3n) is 6.86. The molecule has 3 N–H and O–H groups in total. The zero-order chi connectivity index (χ0) is 32.8. The molecule has 1 aromatic carbocycles. The molecule has 5 rings (SSSR count). The Hall–Kier alpha value is -4.75. The van der Waals surface area contributed by atoms with Crippen LogP contribution in [0.2, 0.25) is 0 Å². The maximum absolute atomic E-state index is 16.5. The average molecular weight is 627 g/mol. The van der Waals surface area contributed by atoms with Gasteiger partial charge in [-0.2, -0.15) is 0 Å². The predicted octanol–water partition coefficient (Wildman–Crippen LogP) is 6.46. The van der Waals surface area contributed by atoms with E-state index < -0.39 is 47.5 Å². The van der Waals surface area contributed by atoms with Crippen LogP contribution >= 0.6 is 0 Å². The van der Waals surface area contributed by atoms with Gasteiger partial charge < -0.3 is 19.5 Å². The number of benzene rings is 1. The summed E-state index contributed by atoms with van der Waals surface area (Å²) in [5.74, 6) is -0.502. The number of alkyl halides is 1. The fourth-order valence-electron chi connectivity index (χ4n) is 4.81. The molecule has 0 saturated heterocycles. The van der Waals surface area contributed by atoms with Gasteiger partial charge in [0, 0.05) is 35.3 Å². The first kappa shape index (κ1) is 31.7. The van der Waals surface area contributed by atoms with E-state index in [1.807, 2.05) is 0 Å². The summed E-state index contributed by atoms with van der Waals surface area (Å²) >= 11 is 0. The van der Waals surface area contributed by atoms with Crippen molar-refractivity contribution in [2.75, 3.05) is 28.7 Å². The predicted molar refractivity (Wildman–Crippen MR) is 164 cm³/mol. The van der Waals surface area contributed by atoms with Crippen molar-refractivity contribution < 1.29 is 37.4 Å². The zero-order valence-corrected chi connectivity index (χ0v) is 26.1. The Bertz CT molecular complexity index is 1690. The highest BCUT2D eigenvalue weighted by molar-refractivity contribution is 6.05. The molecule has 2 atom stereocenters. The molecule has 3 aromatic rings. The van der Waals surface area contributed by atoms with Crippen LogP contribution in [0.4, 0.5) is 40.4 Å². The highest BCUT2D eigenvalue weighted by Crippen LogP contribution is 2.42. The smallest absolute Gasteiger partial charge is 0.415 e. The number of carbonyl (C=O) groups excluding carboxylic acids is 3. The van der Waals surface area contributed by atoms with Crippen LogP contribution in [-0.4, -0.2) is 64.8 Å². The molecule has 0 radical (unpaired) electrons. The van der Waals surface area contributed by atoms with Crippen molar-refractivity contribution in [2.24, 2.45) is 0 Å². The topological polar surface area (TPSA) is 144 Å². The van der Waals surface area contributed by atoms with Gasteiger partial charge >= 0.3 is 18.2 Å². The second kappa shape index (κ2) is 11.6. The number of urea groups is 1. The number of carbonyl (C=O) groups is 3. The number of pyridine rings is 2. The van der Waals surface area contributed by atoms with Crippen LogP contribution in [-0.2, 0) is 9.47 Å². The van der Waals surface area contributed by atoms with Crippen LogP contribution in [0.15, 0.2) is 24.5 Å². The molecule has 0 bridgehead atoms. The number of nitrogens with zero attached hydrogens (tertiary/aromatic N) is 3. The number of ether oxygens (including phenoxy) is 3. The molecule has 1 saturated carbocycles. The first-order chi connectivity index (χ1) is 21.0. The van der Waals surface area contributed by atoms with Crippen LogP contribution in [0, 0.1) is 12.7 Å². The summed E-state index contributed by atoms with van der Waals surface area (Å²) in [5, 5.41) is 8.20. The minimum absolute atomic E-state index is 0.0379. The molecule has 240 valence electrons. The minimum atomic E-state index is -1.09. The second-order valence-electron chi connectivity index (χ2n) is 12.9. The van der Waals surface area contributed by atoms with Gasteiger partial charge in [0.1, 0.15) is 35.5 Å². The third-order valence-corrected chi connectivity index (χ3v) is 6.86. The third kappa shape index (κ3) is 7.15. The van der Waals surface area contributed by atoms with E-state index in [-0.39, 0.29) is 47.9 Å². The highest BCUT2D eigenvalue weighted by atomic mass is 19.1. The van der Waals surface area contributed by atoms with Gasteiger partial charge in [0.05, 0.1) is 18.3 Å². The molecule has 2 aromatic heterocycles. The number of anilines is 3. The Labute approximate surface area is 258 Å². The van der Waals surface area contributed by atoms with E-state index in [0.29, 0.717) is 22.2 Å². The first-order valence-corrected chi connectivity index (χ1v) is 14.5. The fourth-order valence-corrected chi connectivity index (χ4v) is 4.81. The molecule has 1 aliphatic carbocycles. The van der Waals surface area contributed by atoms with Gasteiger partial charge in [-0.25, -0.2) is 33.1 Å². The number of amides is 4. The van der Waals surface area contributed by atoms with Crippen molar-refractivity contribution in [3.63, 3.8) is 0 Å². The van der Waals surface area contributed by atoms with E-state index in [0.717, 1.165) is 0 Å². The Morgan fingerprint density at radius 1 is 1.00 bits per heavy atom. The standard InChI is InChI=1S/C31H36F2N6O6/c1-15-18(13-35-26-25(15)39(8-9-43-26)29(42)45-31(5,6)7)17-10-16-11-22(37-27(40)36-21-12-20(21)32)34-14-19(16)24(23(17)33)38-28(41)44-30(2,3)4/h10-11,13-14,20-21H,8-9,12H2,1-7H3,(H,38,41)(H2,34,36,37,40)/t20-,21+/m1/s1. The lowest BCUT2D eigenvalue weighted by Crippen LogP contribution is -2.42. The molecule has 0 unspecified atom stereocenters. The van der Waals surface area contributed by atoms with Gasteiger partial charge in [-0.15, -0.1) is 0 Å². The monoisotopic (exact) mass is 626 g/mol. The maximum atomic E-state index is 16.5. The van der Waals surface area contributed by atoms with Crippen molar-refractivity contribution >= 4 is 46.2 Å². The normalized spacial score (nSPS) is 17.6. The van der Waals surface area contributed by atoms with E-state index in [4.69, 9.17) is 14.2 Å². The SMILES string of the molecule is Cc1c(-c2cc3cc(NC(=O)N[C@H]4C[C@H]4F)ncc3c(NC(=O)OC(C)(C)C)c2F)cnc2c1N(C(=O)OC(C)(C)C)CCO2. The number of fused-ring (bicyclic) bond motifs is 2. The summed E-state index contributed by atoms with van der Waals surface area (Å²) in [7, 11) is 0. The molecular weight excluding hydrogens is 590 g/mol. The molecule has 1 fully saturated rings. The number of hydrogen-bond acceptors (Lipinski definition) is 8. The Balaban J connectivity index is 1.61. The van der Waals surface area contributed by atoms with Crippen molar-refractivity contribution in [2.45, 2.75) is 78.3 Å². The van der Waals surface area contributed by atoms with E-state index >= 15 is 4.39 Å². The molecule has 1 aliphatic heterocycles. The number of rotatable bonds is 4. The van der Waals surface area contributed by atoms with Crippen molar-refractivity contribution in [3.05, 3.63) is 35.9 Å². The zero-order valence-electron chi connectivity index (χ0n) is 26.1. The van der Waals surface area contributed by atoms with E-state index in [9.17, 15) is 18.8 Å². The lowest BCUT2D eigenvalue weighted by molar-refractivity contribution is 0.0564. The van der Waals surface area contributed by atoms with Gasteiger partial charge in [0.15, 0.2) is 5.82 Å². The van der Waals surface area contributed by atoms with Crippen LogP contribution in [0.3, 0.4) is 0 Å². The molecule has 3 heterocycles. The molecule has 12 nitrogen and oxygen atoms in total. The van der Waals surface area contributed by atoms with Crippen molar-refractivity contribution in [1.82, 2.24) is 15.3 Å². The van der Waals surface area contributed by atoms with Crippen LogP contribution < -0.4 is 25.6 Å². The summed E-state index contributed by atoms with van der Waals surface area (Å²) in [5.41, 5.74) is -0.679. The lowest BCUT2D eigenvalue weighted by atomic mass is 9.96. The van der Waals surface area contributed by atoms with Crippen LogP contribution in [0.5, 0.6) is 5.88 Å². The van der Waals surface area contributed by atoms with E-state index in [1.165, 1.54) is 29.4 Å². The maximum Gasteiger partial charge on any atom is 0.415 e. The quantitative estimate of drug-likeness (QED) is 0.300. The average Bonchev–Trinajstić information content (AvgIpc) is 3.61. The van der Waals surface area contributed by atoms with Gasteiger partial charge in [-0.3, -0.25) is 15.5 Å². The Morgan fingerprint density at radius 3 is 2.33 bits per heavy atom. The number of halogens is 2. The summed E-state index contributed by atoms with van der Waals surface area (Å²) < 4.78 is 46.5. The van der Waals surface area contributed by atoms with Crippen molar-refractivity contribution in [1.29, 1.82) is 0 Å². The number of hydrogen-bond donors (Lipinski definition) is 3. The Morgan fingerprint density at radius 2 is 1.69 bits per heavy atom. The van der Waals surface area contributed by atoms with Gasteiger partial charge in [-0.1, -0.05) is 0 Å². The summed E-state index contributed by atoms with van der Waals surface area (Å²) in [6, 6.07) is 1.82. The van der Waals surface area contributed by atoms with Gasteiger partial charge in [-0.05, 0) is 71.5 Å². The minimum Gasteiger partial charge on any atom is -0.474 e. The molecule has 14 heteroatoms. The van der Waals surface area contributed by atoms with Crippen LogP contribution in [0.1, 0.15) is 53.5 Å². The second-order valence-corrected chi connectivity index (χ2v) is 12.9. The molecular formula is C31H36F2N6O6. The summed E-state index contributed by atoms with van der Waals surface area (Å²) in [6.45, 7) is 12.4. The first-order valence-electron chi connectivity index (χ1n) is 14.5. The number of aromatic nitrogens is 2. The molecule has 4 amide bonds. The van der Waals surface area contributed by atoms with Gasteiger partial charge in [0.25, 0.3) is 0 Å². The summed E-state index contributed by atoms with van der Waals surface area (Å²) in [4.78, 5) is 48.3.